The van der Waals surface area contributed by atoms with Crippen LogP contribution in [0.3, 0.4) is 0 Å². The Labute approximate surface area is 307 Å². The van der Waals surface area contributed by atoms with Crippen molar-refractivity contribution in [1.29, 1.82) is 0 Å². The Bertz CT molecular complexity index is 567. The first-order valence-corrected chi connectivity index (χ1v) is 23.2. The fourth-order valence-electron chi connectivity index (χ4n) is 7.42. The second kappa shape index (κ2) is 44.7. The number of nitrogens with zero attached hydrogens (tertiary/aromatic N) is 1. The summed E-state index contributed by atoms with van der Waals surface area (Å²) >= 11 is 0. The summed E-state index contributed by atoms with van der Waals surface area (Å²) in [5, 5.41) is 0. The van der Waals surface area contributed by atoms with Gasteiger partial charge < -0.3 is 4.90 Å². The SMILES string of the molecule is CCCCCCCCCCCCCCCCCCCCCCC=CCCCCCCCCN(CCCC)CCCCCCCCCCC. The first-order chi connectivity index (χ1) is 23.8. The Morgan fingerprint density at radius 2 is 0.438 bits per heavy atom. The fourth-order valence-corrected chi connectivity index (χ4v) is 7.42. The van der Waals surface area contributed by atoms with E-state index in [9.17, 15) is 0 Å². The van der Waals surface area contributed by atoms with Crippen molar-refractivity contribution in [2.24, 2.45) is 0 Å². The molecule has 1 nitrogen and oxygen atoms in total. The molecule has 0 bridgehead atoms. The van der Waals surface area contributed by atoms with Crippen molar-refractivity contribution in [3.8, 4) is 0 Å². The van der Waals surface area contributed by atoms with Crippen molar-refractivity contribution >= 4 is 0 Å². The molecule has 48 heavy (non-hydrogen) atoms. The van der Waals surface area contributed by atoms with Gasteiger partial charge in [0.05, 0.1) is 0 Å². The van der Waals surface area contributed by atoms with Crippen LogP contribution < -0.4 is 0 Å². The van der Waals surface area contributed by atoms with Crippen LogP contribution in [0.1, 0.15) is 271 Å². The molecular formula is C47H95N. The summed E-state index contributed by atoms with van der Waals surface area (Å²) in [5.41, 5.74) is 0. The van der Waals surface area contributed by atoms with Gasteiger partial charge in [0.1, 0.15) is 0 Å². The van der Waals surface area contributed by atoms with Crippen LogP contribution in [0.15, 0.2) is 12.2 Å². The lowest BCUT2D eigenvalue weighted by molar-refractivity contribution is 0.256. The third-order valence-corrected chi connectivity index (χ3v) is 10.9. The lowest BCUT2D eigenvalue weighted by Gasteiger charge is -2.22. The van der Waals surface area contributed by atoms with Gasteiger partial charge in [0.2, 0.25) is 0 Å². The Morgan fingerprint density at radius 1 is 0.229 bits per heavy atom. The van der Waals surface area contributed by atoms with Crippen LogP contribution in [0.5, 0.6) is 0 Å². The van der Waals surface area contributed by atoms with E-state index in [2.05, 4.69) is 37.8 Å². The maximum absolute atomic E-state index is 2.79. The molecular weight excluding hydrogens is 579 g/mol. The minimum Gasteiger partial charge on any atom is -0.303 e. The molecule has 0 aromatic heterocycles. The summed E-state index contributed by atoms with van der Waals surface area (Å²) in [6.45, 7) is 11.0. The highest BCUT2D eigenvalue weighted by atomic mass is 15.1. The predicted octanol–water partition coefficient (Wildman–Crippen LogP) is 17.1. The van der Waals surface area contributed by atoms with Gasteiger partial charge in [-0.15, -0.1) is 0 Å². The van der Waals surface area contributed by atoms with Gasteiger partial charge in [0.15, 0.2) is 0 Å². The minimum atomic E-state index is 1.31. The number of rotatable bonds is 43. The maximum Gasteiger partial charge on any atom is -0.00187 e. The molecule has 0 aliphatic carbocycles. The largest absolute Gasteiger partial charge is 0.303 e. The first kappa shape index (κ1) is 47.7. The third kappa shape index (κ3) is 41.9. The highest BCUT2D eigenvalue weighted by Crippen LogP contribution is 2.16. The zero-order valence-electron chi connectivity index (χ0n) is 34.3. The second-order valence-corrected chi connectivity index (χ2v) is 15.9. The molecule has 0 aliphatic rings. The predicted molar refractivity (Wildman–Crippen MR) is 223 cm³/mol. The molecule has 0 unspecified atom stereocenters. The van der Waals surface area contributed by atoms with Crippen molar-refractivity contribution in [3.63, 3.8) is 0 Å². The highest BCUT2D eigenvalue weighted by Gasteiger charge is 2.04. The van der Waals surface area contributed by atoms with Gasteiger partial charge in [-0.1, -0.05) is 238 Å². The van der Waals surface area contributed by atoms with Gasteiger partial charge in [-0.2, -0.15) is 0 Å². The van der Waals surface area contributed by atoms with Gasteiger partial charge >= 0.3 is 0 Å². The fraction of sp³-hybridized carbons (Fsp3) is 0.957. The average molecular weight is 674 g/mol. The van der Waals surface area contributed by atoms with E-state index in [-0.39, 0.29) is 0 Å². The Hall–Kier alpha value is -0.300. The number of unbranched alkanes of at least 4 members (excludes halogenated alkanes) is 35. The van der Waals surface area contributed by atoms with E-state index in [1.165, 1.54) is 270 Å². The standard InChI is InChI=1S/C47H95N/c1-4-7-10-12-14-16-17-18-19-20-21-22-23-24-25-26-27-28-29-30-31-32-33-34-35-36-38-40-42-44-47-48(45-9-6-3)46-43-41-39-37-15-13-11-8-5-2/h32-33H,4-31,34-47H2,1-3H3. The zero-order valence-corrected chi connectivity index (χ0v) is 34.3. The molecule has 0 saturated heterocycles. The Kier molecular flexibility index (Phi) is 44.4. The lowest BCUT2D eigenvalue weighted by atomic mass is 10.0. The molecule has 288 valence electrons. The summed E-state index contributed by atoms with van der Waals surface area (Å²) in [6, 6.07) is 0. The van der Waals surface area contributed by atoms with Crippen molar-refractivity contribution in [2.75, 3.05) is 19.6 Å². The molecule has 0 radical (unpaired) electrons. The average Bonchev–Trinajstić information content (AvgIpc) is 3.10. The highest BCUT2D eigenvalue weighted by molar-refractivity contribution is 4.81. The van der Waals surface area contributed by atoms with Crippen LogP contribution in [-0.4, -0.2) is 24.5 Å². The van der Waals surface area contributed by atoms with E-state index in [4.69, 9.17) is 0 Å². The minimum absolute atomic E-state index is 1.31. The third-order valence-electron chi connectivity index (χ3n) is 10.9. The molecule has 0 spiro atoms. The van der Waals surface area contributed by atoms with Crippen LogP contribution in [0.25, 0.3) is 0 Å². The molecule has 0 fully saturated rings. The van der Waals surface area contributed by atoms with E-state index in [0.29, 0.717) is 0 Å². The summed E-state index contributed by atoms with van der Waals surface area (Å²) < 4.78 is 0. The van der Waals surface area contributed by atoms with E-state index < -0.39 is 0 Å². The molecule has 0 N–H and O–H groups in total. The van der Waals surface area contributed by atoms with Crippen LogP contribution in [-0.2, 0) is 0 Å². The summed E-state index contributed by atoms with van der Waals surface area (Å²) in [6.07, 6.45) is 61.2. The topological polar surface area (TPSA) is 3.24 Å². The normalized spacial score (nSPS) is 11.9. The van der Waals surface area contributed by atoms with Gasteiger partial charge in [-0.05, 0) is 64.6 Å². The van der Waals surface area contributed by atoms with Crippen LogP contribution in [0, 0.1) is 0 Å². The molecule has 0 aliphatic heterocycles. The lowest BCUT2D eigenvalue weighted by Crippen LogP contribution is -2.27. The number of allylic oxidation sites excluding steroid dienone is 2. The molecule has 0 amide bonds. The monoisotopic (exact) mass is 674 g/mol. The maximum atomic E-state index is 2.79. The van der Waals surface area contributed by atoms with Crippen LogP contribution >= 0.6 is 0 Å². The van der Waals surface area contributed by atoms with Gasteiger partial charge in [-0.3, -0.25) is 0 Å². The quantitative estimate of drug-likeness (QED) is 0.0460. The molecule has 1 heteroatoms. The molecule has 0 aromatic rings. The second-order valence-electron chi connectivity index (χ2n) is 15.9. The molecule has 0 atom stereocenters. The molecule has 0 saturated carbocycles. The van der Waals surface area contributed by atoms with Crippen molar-refractivity contribution in [3.05, 3.63) is 12.2 Å². The molecule has 0 aromatic carbocycles. The van der Waals surface area contributed by atoms with Gasteiger partial charge in [0.25, 0.3) is 0 Å². The number of hydrogen-bond donors (Lipinski definition) is 0. The Balaban J connectivity index is 3.35. The van der Waals surface area contributed by atoms with E-state index in [1.807, 2.05) is 0 Å². The first-order valence-electron chi connectivity index (χ1n) is 23.2. The summed E-state index contributed by atoms with van der Waals surface area (Å²) in [5.74, 6) is 0. The van der Waals surface area contributed by atoms with Gasteiger partial charge in [0, 0.05) is 0 Å². The van der Waals surface area contributed by atoms with Crippen LogP contribution in [0.2, 0.25) is 0 Å². The van der Waals surface area contributed by atoms with Crippen molar-refractivity contribution in [1.82, 2.24) is 4.90 Å². The van der Waals surface area contributed by atoms with Crippen LogP contribution in [0.4, 0.5) is 0 Å². The van der Waals surface area contributed by atoms with Gasteiger partial charge in [-0.25, -0.2) is 0 Å². The summed E-state index contributed by atoms with van der Waals surface area (Å²) in [7, 11) is 0. The van der Waals surface area contributed by atoms with E-state index >= 15 is 0 Å². The number of hydrogen-bond acceptors (Lipinski definition) is 1. The Morgan fingerprint density at radius 3 is 0.708 bits per heavy atom. The molecule has 0 rings (SSSR count). The van der Waals surface area contributed by atoms with Crippen molar-refractivity contribution < 1.29 is 0 Å². The summed E-state index contributed by atoms with van der Waals surface area (Å²) in [4.78, 5) is 2.79. The molecule has 0 heterocycles. The van der Waals surface area contributed by atoms with Crippen molar-refractivity contribution in [2.45, 2.75) is 271 Å². The zero-order chi connectivity index (χ0) is 34.7. The van der Waals surface area contributed by atoms with E-state index in [1.54, 1.807) is 0 Å². The van der Waals surface area contributed by atoms with E-state index in [0.717, 1.165) is 0 Å². The smallest absolute Gasteiger partial charge is 0.00187 e.